The number of imide groups is 1. The van der Waals surface area contributed by atoms with Crippen molar-refractivity contribution in [3.05, 3.63) is 89.5 Å². The maximum Gasteiger partial charge on any atom is 0.338 e. The first-order chi connectivity index (χ1) is 21.7. The molecule has 232 valence electrons. The van der Waals surface area contributed by atoms with Crippen LogP contribution in [0.1, 0.15) is 48.2 Å². The molecule has 0 N–H and O–H groups in total. The van der Waals surface area contributed by atoms with Crippen LogP contribution in [-0.2, 0) is 32.0 Å². The number of aryl methyl sites for hydroxylation is 2. The van der Waals surface area contributed by atoms with Gasteiger partial charge in [0.05, 0.1) is 22.6 Å². The first-order valence-corrected chi connectivity index (χ1v) is 16.6. The summed E-state index contributed by atoms with van der Waals surface area (Å²) in [7, 11) is 0. The Balaban J connectivity index is 1.09. The second-order valence-electron chi connectivity index (χ2n) is 12.1. The number of ether oxygens (including phenoxy) is 1. The van der Waals surface area contributed by atoms with E-state index >= 15 is 0 Å². The summed E-state index contributed by atoms with van der Waals surface area (Å²) in [5.41, 5.74) is 4.25. The predicted molar refractivity (Wildman–Crippen MR) is 180 cm³/mol. The average molecular weight is 642 g/mol. The third kappa shape index (κ3) is 6.53. The number of esters is 1. The number of carbonyl (C=O) groups is 4. The van der Waals surface area contributed by atoms with E-state index in [9.17, 15) is 19.2 Å². The van der Waals surface area contributed by atoms with Crippen LogP contribution in [0.15, 0.2) is 72.8 Å². The summed E-state index contributed by atoms with van der Waals surface area (Å²) in [6, 6.07) is 21.6. The molecule has 3 aromatic rings. The van der Waals surface area contributed by atoms with Gasteiger partial charge in [0.1, 0.15) is 9.57 Å². The lowest BCUT2D eigenvalue weighted by molar-refractivity contribution is -0.122. The number of rotatable bonds is 5. The smallest absolute Gasteiger partial charge is 0.338 e. The lowest BCUT2D eigenvalue weighted by atomic mass is 9.92. The molecule has 0 spiro atoms. The van der Waals surface area contributed by atoms with Crippen LogP contribution in [-0.4, -0.2) is 57.9 Å². The number of hydrogen-bond donors (Lipinski definition) is 0. The highest BCUT2D eigenvalue weighted by Crippen LogP contribution is 2.36. The van der Waals surface area contributed by atoms with Crippen LogP contribution >= 0.6 is 24.0 Å². The van der Waals surface area contributed by atoms with Gasteiger partial charge in [0.2, 0.25) is 11.8 Å². The summed E-state index contributed by atoms with van der Waals surface area (Å²) in [6.45, 7) is 5.67. The number of piperidine rings is 1. The van der Waals surface area contributed by atoms with Gasteiger partial charge in [-0.15, -0.1) is 0 Å². The van der Waals surface area contributed by atoms with Crippen molar-refractivity contribution in [2.24, 2.45) is 11.8 Å². The fraction of sp³-hybridized carbons (Fsp3) is 0.343. The minimum atomic E-state index is -0.672. The summed E-state index contributed by atoms with van der Waals surface area (Å²) in [6.07, 6.45) is 2.82. The third-order valence-corrected chi connectivity index (χ3v) is 10.2. The van der Waals surface area contributed by atoms with Gasteiger partial charge in [-0.3, -0.25) is 19.3 Å². The van der Waals surface area contributed by atoms with E-state index in [4.69, 9.17) is 17.0 Å². The first kappa shape index (κ1) is 31.0. The van der Waals surface area contributed by atoms with Crippen molar-refractivity contribution in [1.29, 1.82) is 0 Å². The highest BCUT2D eigenvalue weighted by atomic mass is 32.2. The van der Waals surface area contributed by atoms with E-state index < -0.39 is 17.8 Å². The number of carbonyl (C=O) groups excluding carboxylic acids is 4. The standard InChI is InChI=1S/C35H35N3O5S2/c1-22-17-23(2)20-36(19-22)35(44)45-30-18-31(39)37(33(30)41)27-15-13-26(14-16-27)34(42)43-21-32(40)38-28-9-5-3-7-24(28)11-12-25-8-4-6-10-29(25)38/h3-10,13-16,22-23,30H,11-12,17-21H2,1-2H3/t22-,23+,30-/m0/s1. The molecule has 3 aliphatic rings. The molecule has 0 bridgehead atoms. The number of thioether (sulfide) groups is 1. The predicted octanol–water partition coefficient (Wildman–Crippen LogP) is 5.93. The summed E-state index contributed by atoms with van der Waals surface area (Å²) in [4.78, 5) is 57.6. The number of fused-ring (bicyclic) bond motifs is 2. The molecule has 45 heavy (non-hydrogen) atoms. The van der Waals surface area contributed by atoms with E-state index in [-0.39, 0.29) is 29.7 Å². The maximum absolute atomic E-state index is 13.5. The summed E-state index contributed by atoms with van der Waals surface area (Å²) in [5.74, 6) is -0.602. The number of amides is 3. The fourth-order valence-electron chi connectivity index (χ4n) is 6.55. The Kier molecular flexibility index (Phi) is 9.05. The van der Waals surface area contributed by atoms with Crippen LogP contribution in [0.25, 0.3) is 0 Å². The van der Waals surface area contributed by atoms with Crippen molar-refractivity contribution < 1.29 is 23.9 Å². The minimum Gasteiger partial charge on any atom is -0.452 e. The zero-order chi connectivity index (χ0) is 31.7. The van der Waals surface area contributed by atoms with Crippen LogP contribution in [0.2, 0.25) is 0 Å². The van der Waals surface area contributed by atoms with Gasteiger partial charge in [-0.25, -0.2) is 9.69 Å². The van der Waals surface area contributed by atoms with Crippen molar-refractivity contribution in [2.45, 2.75) is 44.8 Å². The van der Waals surface area contributed by atoms with E-state index in [1.807, 2.05) is 48.5 Å². The molecule has 3 aromatic carbocycles. The fourth-order valence-corrected chi connectivity index (χ4v) is 8.02. The second kappa shape index (κ2) is 13.1. The molecule has 8 nitrogen and oxygen atoms in total. The Morgan fingerprint density at radius 2 is 1.44 bits per heavy atom. The molecule has 0 aliphatic carbocycles. The largest absolute Gasteiger partial charge is 0.452 e. The molecule has 2 fully saturated rings. The summed E-state index contributed by atoms with van der Waals surface area (Å²) < 4.78 is 6.11. The summed E-state index contributed by atoms with van der Waals surface area (Å²) in [5, 5.41) is -0.581. The molecule has 3 heterocycles. The number of likely N-dealkylation sites (tertiary alicyclic amines) is 1. The molecule has 2 saturated heterocycles. The number of thiocarbonyl (C=S) groups is 1. The molecule has 6 rings (SSSR count). The number of anilines is 3. The van der Waals surface area contributed by atoms with Gasteiger partial charge in [-0.2, -0.15) is 0 Å². The van der Waals surface area contributed by atoms with Crippen LogP contribution in [0, 0.1) is 11.8 Å². The van der Waals surface area contributed by atoms with Crippen molar-refractivity contribution in [1.82, 2.24) is 4.90 Å². The van der Waals surface area contributed by atoms with Crippen molar-refractivity contribution in [2.75, 3.05) is 29.5 Å². The van der Waals surface area contributed by atoms with Gasteiger partial charge in [0.15, 0.2) is 6.61 Å². The van der Waals surface area contributed by atoms with Crippen molar-refractivity contribution >= 4 is 69.1 Å². The lowest BCUT2D eigenvalue weighted by Gasteiger charge is -2.36. The third-order valence-electron chi connectivity index (χ3n) is 8.54. The molecular weight excluding hydrogens is 607 g/mol. The zero-order valence-electron chi connectivity index (χ0n) is 25.3. The molecule has 0 radical (unpaired) electrons. The Morgan fingerprint density at radius 1 is 0.867 bits per heavy atom. The molecule has 3 amide bonds. The van der Waals surface area contributed by atoms with Gasteiger partial charge in [0.25, 0.3) is 5.91 Å². The number of hydrogen-bond acceptors (Lipinski definition) is 7. The zero-order valence-corrected chi connectivity index (χ0v) is 26.9. The lowest BCUT2D eigenvalue weighted by Crippen LogP contribution is -2.41. The quantitative estimate of drug-likeness (QED) is 0.192. The second-order valence-corrected chi connectivity index (χ2v) is 13.9. The van der Waals surface area contributed by atoms with Crippen LogP contribution < -0.4 is 9.80 Å². The highest BCUT2D eigenvalue weighted by molar-refractivity contribution is 8.23. The molecule has 3 atom stereocenters. The molecule has 0 aromatic heterocycles. The normalized spacial score (nSPS) is 21.2. The Morgan fingerprint density at radius 3 is 2.04 bits per heavy atom. The van der Waals surface area contributed by atoms with E-state index in [1.165, 1.54) is 23.9 Å². The SMILES string of the molecule is C[C@@H]1C[C@H](C)CN(C(=S)S[C@H]2CC(=O)N(c3ccc(C(=O)OCC(=O)N4c5ccccc5CCc5ccccc54)cc3)C2=O)C1. The minimum absolute atomic E-state index is 0.0667. The van der Waals surface area contributed by atoms with E-state index in [2.05, 4.69) is 18.7 Å². The van der Waals surface area contributed by atoms with Gasteiger partial charge >= 0.3 is 5.97 Å². The number of nitrogens with zero attached hydrogens (tertiary/aromatic N) is 3. The molecular formula is C35H35N3O5S2. The molecule has 10 heteroatoms. The van der Waals surface area contributed by atoms with Crippen molar-refractivity contribution in [3.8, 4) is 0 Å². The Labute approximate surface area is 272 Å². The maximum atomic E-state index is 13.5. The van der Waals surface area contributed by atoms with Gasteiger partial charge in [-0.05, 0) is 78.6 Å². The van der Waals surface area contributed by atoms with Crippen molar-refractivity contribution in [3.63, 3.8) is 0 Å². The van der Waals surface area contributed by atoms with E-state index in [0.29, 0.717) is 21.8 Å². The van der Waals surface area contributed by atoms with Crippen LogP contribution in [0.3, 0.4) is 0 Å². The van der Waals surface area contributed by atoms with E-state index in [0.717, 1.165) is 59.8 Å². The van der Waals surface area contributed by atoms with E-state index in [1.54, 1.807) is 17.0 Å². The monoisotopic (exact) mass is 641 g/mol. The Hall–Kier alpha value is -4.02. The topological polar surface area (TPSA) is 87.2 Å². The molecule has 0 unspecified atom stereocenters. The average Bonchev–Trinajstić information content (AvgIpc) is 3.20. The van der Waals surface area contributed by atoms with Crippen LogP contribution in [0.4, 0.5) is 17.1 Å². The molecule has 0 saturated carbocycles. The first-order valence-electron chi connectivity index (χ1n) is 15.3. The number of para-hydroxylation sites is 2. The van der Waals surface area contributed by atoms with Gasteiger partial charge in [0, 0.05) is 19.5 Å². The van der Waals surface area contributed by atoms with Gasteiger partial charge in [-0.1, -0.05) is 74.2 Å². The highest BCUT2D eigenvalue weighted by Gasteiger charge is 2.41. The molecule has 3 aliphatic heterocycles. The number of benzene rings is 3. The van der Waals surface area contributed by atoms with Crippen LogP contribution in [0.5, 0.6) is 0 Å². The summed E-state index contributed by atoms with van der Waals surface area (Å²) >= 11 is 6.95. The Bertz CT molecular complexity index is 1600. The van der Waals surface area contributed by atoms with Gasteiger partial charge < -0.3 is 9.64 Å².